The Morgan fingerprint density at radius 2 is 1.95 bits per heavy atom. The first-order valence-corrected chi connectivity index (χ1v) is 6.42. The van der Waals surface area contributed by atoms with E-state index >= 15 is 0 Å². The second-order valence-electron chi connectivity index (χ2n) is 4.71. The number of aromatic hydroxyl groups is 1. The maximum atomic E-state index is 9.41. The highest BCUT2D eigenvalue weighted by Crippen LogP contribution is 2.28. The van der Waals surface area contributed by atoms with Gasteiger partial charge in [0, 0.05) is 11.8 Å². The number of phenolic OH excluding ortho intramolecular Hbond substituents is 1. The Morgan fingerprint density at radius 1 is 1.24 bits per heavy atom. The Kier molecular flexibility index (Phi) is 3.06. The fourth-order valence-electron chi connectivity index (χ4n) is 2.31. The molecule has 2 heterocycles. The Bertz CT molecular complexity index is 780. The van der Waals surface area contributed by atoms with Gasteiger partial charge in [-0.1, -0.05) is 5.16 Å². The van der Waals surface area contributed by atoms with Gasteiger partial charge in [0.2, 0.25) is 0 Å². The molecule has 21 heavy (non-hydrogen) atoms. The lowest BCUT2D eigenvalue weighted by atomic mass is 10.2. The van der Waals surface area contributed by atoms with Crippen LogP contribution in [0.5, 0.6) is 5.75 Å². The fraction of sp³-hybridized carbons (Fsp3) is 0.133. The van der Waals surface area contributed by atoms with Crippen molar-refractivity contribution in [3.05, 3.63) is 47.6 Å². The average Bonchev–Trinajstić information content (AvgIpc) is 3.03. The van der Waals surface area contributed by atoms with Crippen LogP contribution in [0.2, 0.25) is 0 Å². The number of benzene rings is 1. The molecule has 3 rings (SSSR count). The largest absolute Gasteiger partial charge is 0.508 e. The van der Waals surface area contributed by atoms with Gasteiger partial charge in [0.25, 0.3) is 0 Å². The van der Waals surface area contributed by atoms with Gasteiger partial charge < -0.3 is 15.0 Å². The van der Waals surface area contributed by atoms with Crippen molar-refractivity contribution in [1.29, 1.82) is 5.41 Å². The van der Waals surface area contributed by atoms with Gasteiger partial charge in [0.15, 0.2) is 5.76 Å². The summed E-state index contributed by atoms with van der Waals surface area (Å²) in [5.41, 5.74) is 2.98. The standard InChI is InChI=1S/C15H14N4O2/c1-9-14(10(2)21-18-9)19-12(7-16)8-17-15(19)11-3-5-13(20)6-4-11/h3-8,16,20H,1-2H3. The van der Waals surface area contributed by atoms with Gasteiger partial charge in [-0.05, 0) is 38.1 Å². The number of hydrogen-bond donors (Lipinski definition) is 2. The Hall–Kier alpha value is -2.89. The zero-order valence-electron chi connectivity index (χ0n) is 11.7. The molecule has 0 fully saturated rings. The van der Waals surface area contributed by atoms with Gasteiger partial charge >= 0.3 is 0 Å². The van der Waals surface area contributed by atoms with Crippen molar-refractivity contribution in [2.75, 3.05) is 0 Å². The number of aryl methyl sites for hydroxylation is 2. The average molecular weight is 282 g/mol. The van der Waals surface area contributed by atoms with Crippen molar-refractivity contribution >= 4 is 6.21 Å². The highest BCUT2D eigenvalue weighted by molar-refractivity contribution is 5.78. The Morgan fingerprint density at radius 3 is 2.52 bits per heavy atom. The van der Waals surface area contributed by atoms with E-state index in [1.54, 1.807) is 30.5 Å². The Labute approximate surface area is 121 Å². The van der Waals surface area contributed by atoms with Crippen LogP contribution in [0.25, 0.3) is 17.1 Å². The van der Waals surface area contributed by atoms with Crippen LogP contribution in [0.15, 0.2) is 35.0 Å². The second kappa shape index (κ2) is 4.90. The molecular formula is C15H14N4O2. The van der Waals surface area contributed by atoms with Crippen LogP contribution in [0.1, 0.15) is 17.1 Å². The van der Waals surface area contributed by atoms with Gasteiger partial charge in [0.1, 0.15) is 23.0 Å². The molecule has 0 spiro atoms. The van der Waals surface area contributed by atoms with Crippen LogP contribution in [-0.4, -0.2) is 26.0 Å². The van der Waals surface area contributed by atoms with Crippen LogP contribution in [-0.2, 0) is 0 Å². The molecule has 2 aromatic heterocycles. The van der Waals surface area contributed by atoms with E-state index in [1.807, 2.05) is 18.4 Å². The molecule has 0 atom stereocenters. The monoisotopic (exact) mass is 282 g/mol. The van der Waals surface area contributed by atoms with Crippen LogP contribution in [0.3, 0.4) is 0 Å². The zero-order valence-corrected chi connectivity index (χ0v) is 11.7. The molecule has 3 aromatic rings. The minimum Gasteiger partial charge on any atom is -0.508 e. The van der Waals surface area contributed by atoms with Crippen molar-refractivity contribution in [1.82, 2.24) is 14.7 Å². The number of rotatable bonds is 3. The topological polar surface area (TPSA) is 87.9 Å². The van der Waals surface area contributed by atoms with E-state index in [0.29, 0.717) is 17.3 Å². The zero-order chi connectivity index (χ0) is 15.0. The van der Waals surface area contributed by atoms with E-state index in [0.717, 1.165) is 16.9 Å². The minimum absolute atomic E-state index is 0.196. The predicted octanol–water partition coefficient (Wildman–Crippen LogP) is 2.85. The molecule has 0 amide bonds. The van der Waals surface area contributed by atoms with E-state index in [2.05, 4.69) is 10.1 Å². The lowest BCUT2D eigenvalue weighted by Gasteiger charge is -2.09. The number of aromatic nitrogens is 3. The van der Waals surface area contributed by atoms with E-state index in [4.69, 9.17) is 9.93 Å². The second-order valence-corrected chi connectivity index (χ2v) is 4.71. The van der Waals surface area contributed by atoms with Crippen molar-refractivity contribution in [3.63, 3.8) is 0 Å². The summed E-state index contributed by atoms with van der Waals surface area (Å²) in [6.07, 6.45) is 2.86. The molecule has 106 valence electrons. The van der Waals surface area contributed by atoms with Crippen molar-refractivity contribution < 1.29 is 9.63 Å². The van der Waals surface area contributed by atoms with Crippen molar-refractivity contribution in [2.24, 2.45) is 0 Å². The molecule has 0 saturated heterocycles. The third-order valence-electron chi connectivity index (χ3n) is 3.28. The van der Waals surface area contributed by atoms with Gasteiger partial charge in [-0.25, -0.2) is 4.98 Å². The first-order chi connectivity index (χ1) is 10.1. The quantitative estimate of drug-likeness (QED) is 0.723. The first kappa shape index (κ1) is 13.1. The molecule has 1 aromatic carbocycles. The summed E-state index contributed by atoms with van der Waals surface area (Å²) in [5.74, 6) is 1.53. The smallest absolute Gasteiger partial charge is 0.157 e. The lowest BCUT2D eigenvalue weighted by molar-refractivity contribution is 0.393. The summed E-state index contributed by atoms with van der Waals surface area (Å²) >= 11 is 0. The third-order valence-corrected chi connectivity index (χ3v) is 3.28. The molecule has 0 aliphatic rings. The van der Waals surface area contributed by atoms with E-state index < -0.39 is 0 Å². The highest BCUT2D eigenvalue weighted by Gasteiger charge is 2.19. The number of imidazole rings is 1. The predicted molar refractivity (Wildman–Crippen MR) is 78.1 cm³/mol. The summed E-state index contributed by atoms with van der Waals surface area (Å²) in [6, 6.07) is 6.76. The summed E-state index contributed by atoms with van der Waals surface area (Å²) in [4.78, 5) is 4.39. The maximum absolute atomic E-state index is 9.41. The first-order valence-electron chi connectivity index (χ1n) is 6.42. The third kappa shape index (κ3) is 2.10. The molecule has 0 unspecified atom stereocenters. The summed E-state index contributed by atoms with van der Waals surface area (Å²) in [5, 5.41) is 20.9. The number of nitrogens with one attached hydrogen (secondary N) is 1. The fourth-order valence-corrected chi connectivity index (χ4v) is 2.31. The number of hydrogen-bond acceptors (Lipinski definition) is 5. The van der Waals surface area contributed by atoms with Gasteiger partial charge in [-0.3, -0.25) is 4.57 Å². The number of nitrogens with zero attached hydrogens (tertiary/aromatic N) is 3. The molecular weight excluding hydrogens is 268 g/mol. The van der Waals surface area contributed by atoms with Gasteiger partial charge in [-0.15, -0.1) is 0 Å². The van der Waals surface area contributed by atoms with Crippen LogP contribution >= 0.6 is 0 Å². The summed E-state index contributed by atoms with van der Waals surface area (Å²) < 4.78 is 7.05. The van der Waals surface area contributed by atoms with E-state index in [9.17, 15) is 5.11 Å². The van der Waals surface area contributed by atoms with Crippen molar-refractivity contribution in [2.45, 2.75) is 13.8 Å². The molecule has 6 nitrogen and oxygen atoms in total. The van der Waals surface area contributed by atoms with Crippen molar-refractivity contribution in [3.8, 4) is 22.8 Å². The maximum Gasteiger partial charge on any atom is 0.157 e. The lowest BCUT2D eigenvalue weighted by Crippen LogP contribution is -2.03. The molecule has 0 aliphatic heterocycles. The highest BCUT2D eigenvalue weighted by atomic mass is 16.5. The van der Waals surface area contributed by atoms with E-state index in [-0.39, 0.29) is 5.75 Å². The van der Waals surface area contributed by atoms with Crippen LogP contribution < -0.4 is 0 Å². The summed E-state index contributed by atoms with van der Waals surface area (Å²) in [6.45, 7) is 3.67. The summed E-state index contributed by atoms with van der Waals surface area (Å²) in [7, 11) is 0. The van der Waals surface area contributed by atoms with Crippen LogP contribution in [0, 0.1) is 19.3 Å². The molecule has 6 heteroatoms. The number of phenols is 1. The molecule has 0 saturated carbocycles. The van der Waals surface area contributed by atoms with Gasteiger partial charge in [-0.2, -0.15) is 0 Å². The SMILES string of the molecule is Cc1noc(C)c1-n1c(C=N)cnc1-c1ccc(O)cc1. The molecule has 0 bridgehead atoms. The minimum atomic E-state index is 0.196. The molecule has 2 N–H and O–H groups in total. The van der Waals surface area contributed by atoms with Crippen LogP contribution in [0.4, 0.5) is 0 Å². The Balaban J connectivity index is 2.26. The molecule has 0 aliphatic carbocycles. The molecule has 0 radical (unpaired) electrons. The van der Waals surface area contributed by atoms with E-state index in [1.165, 1.54) is 6.21 Å². The van der Waals surface area contributed by atoms with Gasteiger partial charge in [0.05, 0.1) is 11.9 Å². The normalized spacial score (nSPS) is 10.8.